The number of hydrogen-bond acceptors (Lipinski definition) is 9. The van der Waals surface area contributed by atoms with Crippen molar-refractivity contribution < 1.29 is 32.7 Å². The molecule has 4 rings (SSSR count). The highest BCUT2D eigenvalue weighted by molar-refractivity contribution is 5.87. The molecule has 2 aromatic carbocycles. The largest absolute Gasteiger partial charge is 0.573 e. The van der Waals surface area contributed by atoms with Crippen LogP contribution in [0.15, 0.2) is 54.7 Å². The number of hydrogen-bond donors (Lipinski definition) is 4. The Morgan fingerprint density at radius 1 is 1.07 bits per heavy atom. The Balaban J connectivity index is 1.30. The van der Waals surface area contributed by atoms with E-state index in [-0.39, 0.29) is 52.8 Å². The van der Waals surface area contributed by atoms with Gasteiger partial charge < -0.3 is 25.8 Å². The normalized spacial score (nSPS) is 17.0. The lowest BCUT2D eigenvalue weighted by atomic mass is 9.86. The molecule has 1 aromatic heterocycles. The lowest BCUT2D eigenvalue weighted by Gasteiger charge is -2.29. The number of alkyl halides is 3. The van der Waals surface area contributed by atoms with Gasteiger partial charge >= 0.3 is 18.0 Å². The maximum Gasteiger partial charge on any atom is 0.573 e. The highest BCUT2D eigenvalue weighted by Gasteiger charge is 2.32. The van der Waals surface area contributed by atoms with Crippen LogP contribution in [0.2, 0.25) is 0 Å². The van der Waals surface area contributed by atoms with Gasteiger partial charge in [0.15, 0.2) is 0 Å². The number of nitrogens with one attached hydrogen (secondary N) is 3. The number of rotatable bonds is 12. The van der Waals surface area contributed by atoms with Crippen LogP contribution in [0.4, 0.5) is 30.6 Å². The Morgan fingerprint density at radius 3 is 2.54 bits per heavy atom. The number of aromatic nitrogens is 2. The summed E-state index contributed by atoms with van der Waals surface area (Å²) in [5.74, 6) is -1.05. The summed E-state index contributed by atoms with van der Waals surface area (Å²) in [5, 5.41) is 30.0. The van der Waals surface area contributed by atoms with Gasteiger partial charge in [-0.05, 0) is 55.4 Å². The molecular formula is C27H29F3N6O5. The molecule has 3 aromatic rings. The van der Waals surface area contributed by atoms with E-state index in [4.69, 9.17) is 5.11 Å². The fourth-order valence-electron chi connectivity index (χ4n) is 4.66. The highest BCUT2D eigenvalue weighted by Crippen LogP contribution is 2.29. The maximum atomic E-state index is 12.7. The van der Waals surface area contributed by atoms with Gasteiger partial charge in [-0.2, -0.15) is 4.98 Å². The molecule has 1 saturated carbocycles. The molecule has 0 aliphatic heterocycles. The number of halogens is 3. The molecule has 0 spiro atoms. The van der Waals surface area contributed by atoms with Crippen molar-refractivity contribution in [3.8, 4) is 5.75 Å². The lowest BCUT2D eigenvalue weighted by Crippen LogP contribution is -2.34. The van der Waals surface area contributed by atoms with Gasteiger partial charge in [0, 0.05) is 31.2 Å². The Morgan fingerprint density at radius 2 is 1.83 bits per heavy atom. The van der Waals surface area contributed by atoms with E-state index >= 15 is 0 Å². The second-order valence-corrected chi connectivity index (χ2v) is 9.68. The van der Waals surface area contributed by atoms with E-state index in [0.29, 0.717) is 13.1 Å². The Bertz CT molecular complexity index is 1370. The van der Waals surface area contributed by atoms with Crippen molar-refractivity contribution in [3.05, 3.63) is 81.5 Å². The highest BCUT2D eigenvalue weighted by atomic mass is 19.4. The number of anilines is 2. The number of para-hydroxylation sites is 1. The number of carboxylic acid groups (broad SMARTS) is 1. The Kier molecular flexibility index (Phi) is 9.55. The van der Waals surface area contributed by atoms with Gasteiger partial charge in [0.2, 0.25) is 11.8 Å². The fraction of sp³-hybridized carbons (Fsp3) is 0.370. The van der Waals surface area contributed by atoms with Crippen LogP contribution in [0.5, 0.6) is 5.75 Å². The number of carboxylic acids is 1. The summed E-state index contributed by atoms with van der Waals surface area (Å²) < 4.78 is 42.2. The quantitative estimate of drug-likeness (QED) is 0.164. The first-order valence-corrected chi connectivity index (χ1v) is 13.0. The van der Waals surface area contributed by atoms with Gasteiger partial charge in [-0.15, -0.1) is 13.2 Å². The van der Waals surface area contributed by atoms with Crippen LogP contribution in [-0.2, 0) is 13.1 Å². The molecule has 1 fully saturated rings. The molecule has 0 bridgehead atoms. The van der Waals surface area contributed by atoms with E-state index in [9.17, 15) is 28.1 Å². The smallest absolute Gasteiger partial charge is 0.478 e. The van der Waals surface area contributed by atoms with Gasteiger partial charge in [0.25, 0.3) is 0 Å². The van der Waals surface area contributed by atoms with E-state index in [1.807, 2.05) is 6.07 Å². The average molecular weight is 575 g/mol. The number of nitrogens with zero attached hydrogens (tertiary/aromatic N) is 3. The zero-order chi connectivity index (χ0) is 29.4. The fourth-order valence-corrected chi connectivity index (χ4v) is 4.66. The SMILES string of the molecule is O=C(O)c1cccc(CNC2CCC(CNc3nc(NCc4ccccc4OC(F)(F)F)ncc3[N+](=O)[O-])CC2)c1. The molecule has 0 atom stereocenters. The van der Waals surface area contributed by atoms with Crippen molar-refractivity contribution in [2.75, 3.05) is 17.2 Å². The first kappa shape index (κ1) is 29.5. The number of benzene rings is 2. The third kappa shape index (κ3) is 8.76. The number of aromatic carboxylic acids is 1. The predicted molar refractivity (Wildman–Crippen MR) is 144 cm³/mol. The summed E-state index contributed by atoms with van der Waals surface area (Å²) in [4.78, 5) is 30.2. The van der Waals surface area contributed by atoms with E-state index in [0.717, 1.165) is 37.4 Å². The van der Waals surface area contributed by atoms with Crippen LogP contribution in [0.3, 0.4) is 0 Å². The van der Waals surface area contributed by atoms with Gasteiger partial charge in [0.05, 0.1) is 10.5 Å². The molecule has 218 valence electrons. The lowest BCUT2D eigenvalue weighted by molar-refractivity contribution is -0.384. The summed E-state index contributed by atoms with van der Waals surface area (Å²) in [6.07, 6.45) is -0.262. The first-order valence-electron chi connectivity index (χ1n) is 13.0. The third-order valence-corrected chi connectivity index (χ3v) is 6.78. The summed E-state index contributed by atoms with van der Waals surface area (Å²) in [6.45, 7) is 0.915. The van der Waals surface area contributed by atoms with Gasteiger partial charge in [-0.3, -0.25) is 10.1 Å². The minimum atomic E-state index is -4.85. The molecule has 0 unspecified atom stereocenters. The molecule has 14 heteroatoms. The number of carbonyl (C=O) groups is 1. The van der Waals surface area contributed by atoms with Crippen LogP contribution >= 0.6 is 0 Å². The van der Waals surface area contributed by atoms with Crippen LogP contribution in [-0.4, -0.2) is 44.9 Å². The molecule has 0 amide bonds. The second kappa shape index (κ2) is 13.3. The summed E-state index contributed by atoms with van der Waals surface area (Å²) >= 11 is 0. The van der Waals surface area contributed by atoms with Crippen LogP contribution in [0.25, 0.3) is 0 Å². The predicted octanol–water partition coefficient (Wildman–Crippen LogP) is 5.35. The average Bonchev–Trinajstić information content (AvgIpc) is 2.94. The van der Waals surface area contributed by atoms with E-state index in [1.54, 1.807) is 24.3 Å². The Hall–Kier alpha value is -4.46. The molecule has 1 aliphatic rings. The van der Waals surface area contributed by atoms with Crippen molar-refractivity contribution >= 4 is 23.4 Å². The van der Waals surface area contributed by atoms with Crippen LogP contribution < -0.4 is 20.7 Å². The molecule has 1 heterocycles. The number of ether oxygens (including phenoxy) is 1. The minimum Gasteiger partial charge on any atom is -0.478 e. The monoisotopic (exact) mass is 574 g/mol. The molecule has 0 radical (unpaired) electrons. The van der Waals surface area contributed by atoms with E-state index in [2.05, 4.69) is 30.7 Å². The van der Waals surface area contributed by atoms with Crippen molar-refractivity contribution in [1.29, 1.82) is 0 Å². The van der Waals surface area contributed by atoms with E-state index in [1.165, 1.54) is 18.2 Å². The first-order chi connectivity index (χ1) is 19.6. The molecule has 0 saturated heterocycles. The van der Waals surface area contributed by atoms with Gasteiger partial charge in [0.1, 0.15) is 11.9 Å². The molecule has 4 N–H and O–H groups in total. The minimum absolute atomic E-state index is 0.0137. The van der Waals surface area contributed by atoms with E-state index < -0.39 is 17.3 Å². The zero-order valence-electron chi connectivity index (χ0n) is 21.9. The summed E-state index contributed by atoms with van der Waals surface area (Å²) in [7, 11) is 0. The van der Waals surface area contributed by atoms with Crippen LogP contribution in [0.1, 0.15) is 47.2 Å². The van der Waals surface area contributed by atoms with Crippen molar-refractivity contribution in [3.63, 3.8) is 0 Å². The third-order valence-electron chi connectivity index (χ3n) is 6.78. The summed E-state index contributed by atoms with van der Waals surface area (Å²) in [6, 6.07) is 12.7. The molecule has 11 nitrogen and oxygen atoms in total. The molecular weight excluding hydrogens is 545 g/mol. The zero-order valence-corrected chi connectivity index (χ0v) is 21.9. The van der Waals surface area contributed by atoms with Crippen molar-refractivity contribution in [1.82, 2.24) is 15.3 Å². The molecule has 41 heavy (non-hydrogen) atoms. The van der Waals surface area contributed by atoms with Gasteiger partial charge in [-0.25, -0.2) is 9.78 Å². The van der Waals surface area contributed by atoms with Gasteiger partial charge in [-0.1, -0.05) is 30.3 Å². The summed E-state index contributed by atoms with van der Waals surface area (Å²) in [5.41, 5.74) is 1.04. The Labute approximate surface area is 233 Å². The molecule has 1 aliphatic carbocycles. The van der Waals surface area contributed by atoms with Crippen molar-refractivity contribution in [2.45, 2.75) is 51.2 Å². The van der Waals surface area contributed by atoms with Crippen LogP contribution in [0, 0.1) is 16.0 Å². The maximum absolute atomic E-state index is 12.7. The number of nitro groups is 1. The topological polar surface area (TPSA) is 152 Å². The van der Waals surface area contributed by atoms with Crippen molar-refractivity contribution in [2.24, 2.45) is 5.92 Å². The second-order valence-electron chi connectivity index (χ2n) is 9.68. The standard InChI is InChI=1S/C27H29F3N6O5/c28-27(29,30)41-23-7-2-1-5-20(23)15-33-26-34-16-22(36(39)40)24(35-26)32-13-17-8-10-21(11-9-17)31-14-18-4-3-6-19(12-18)25(37)38/h1-7,12,16-17,21,31H,8-11,13-15H2,(H,37,38)(H2,32,33,34,35).